The van der Waals surface area contributed by atoms with Gasteiger partial charge in [0, 0.05) is 19.3 Å². The van der Waals surface area contributed by atoms with Gasteiger partial charge in [0.05, 0.1) is 18.5 Å². The molecule has 0 radical (unpaired) electrons. The first-order valence-electron chi connectivity index (χ1n) is 10.0. The van der Waals surface area contributed by atoms with E-state index in [0.717, 1.165) is 49.4 Å². The summed E-state index contributed by atoms with van der Waals surface area (Å²) >= 11 is 0. The number of anilines is 1. The molecule has 0 saturated carbocycles. The number of ether oxygens (including phenoxy) is 1. The van der Waals surface area contributed by atoms with Crippen LogP contribution in [0.3, 0.4) is 0 Å². The zero-order valence-electron chi connectivity index (χ0n) is 16.7. The van der Waals surface area contributed by atoms with Crippen molar-refractivity contribution in [3.63, 3.8) is 0 Å². The predicted molar refractivity (Wildman–Crippen MR) is 113 cm³/mol. The van der Waals surface area contributed by atoms with Crippen molar-refractivity contribution < 1.29 is 9.53 Å². The molecule has 1 unspecified atom stereocenters. The quantitative estimate of drug-likeness (QED) is 0.700. The summed E-state index contributed by atoms with van der Waals surface area (Å²) in [5, 5.41) is 2.92. The number of pyridine rings is 1. The van der Waals surface area contributed by atoms with Crippen molar-refractivity contribution in [1.82, 2.24) is 9.88 Å². The highest BCUT2D eigenvalue weighted by Crippen LogP contribution is 2.26. The van der Waals surface area contributed by atoms with E-state index in [4.69, 9.17) is 4.74 Å². The first-order valence-corrected chi connectivity index (χ1v) is 10.0. The van der Waals surface area contributed by atoms with Crippen molar-refractivity contribution in [1.29, 1.82) is 0 Å². The standard InChI is InChI=1S/C23H29N3O2/c1-3-4-13-28-22-9-5-7-19(15-22)14-20-10-12-26(17-18(20)2)23(27)25-21-8-6-11-24-16-21/h5-9,11,14-16,18H,3-4,10,12-13,17H2,1-2H3,(H,25,27)/b20-14+. The number of nitrogens with one attached hydrogen (secondary N) is 1. The molecule has 0 aliphatic carbocycles. The van der Waals surface area contributed by atoms with Crippen molar-refractivity contribution >= 4 is 17.8 Å². The summed E-state index contributed by atoms with van der Waals surface area (Å²) in [5.41, 5.74) is 3.25. The Morgan fingerprint density at radius 1 is 1.36 bits per heavy atom. The van der Waals surface area contributed by atoms with E-state index in [0.29, 0.717) is 12.5 Å². The highest BCUT2D eigenvalue weighted by molar-refractivity contribution is 5.89. The Kier molecular flexibility index (Phi) is 7.06. The number of carbonyl (C=O) groups excluding carboxylic acids is 1. The van der Waals surface area contributed by atoms with Crippen molar-refractivity contribution in [3.8, 4) is 5.75 Å². The zero-order chi connectivity index (χ0) is 19.8. The fourth-order valence-corrected chi connectivity index (χ4v) is 3.33. The van der Waals surface area contributed by atoms with Crippen LogP contribution in [0.1, 0.15) is 38.7 Å². The molecule has 3 rings (SSSR count). The molecule has 148 valence electrons. The van der Waals surface area contributed by atoms with Gasteiger partial charge < -0.3 is 15.0 Å². The predicted octanol–water partition coefficient (Wildman–Crippen LogP) is 5.22. The van der Waals surface area contributed by atoms with E-state index in [2.05, 4.69) is 42.4 Å². The fraction of sp³-hybridized carbons (Fsp3) is 0.391. The van der Waals surface area contributed by atoms with Crippen LogP contribution in [0.2, 0.25) is 0 Å². The highest BCUT2D eigenvalue weighted by Gasteiger charge is 2.24. The average Bonchev–Trinajstić information content (AvgIpc) is 2.71. The second-order valence-electron chi connectivity index (χ2n) is 7.26. The summed E-state index contributed by atoms with van der Waals surface area (Å²) in [6, 6.07) is 11.8. The lowest BCUT2D eigenvalue weighted by molar-refractivity contribution is 0.198. The van der Waals surface area contributed by atoms with Crippen LogP contribution in [0, 0.1) is 5.92 Å². The van der Waals surface area contributed by atoms with Crippen molar-refractivity contribution in [2.24, 2.45) is 5.92 Å². The second kappa shape index (κ2) is 9.93. The maximum atomic E-state index is 12.5. The number of hydrogen-bond acceptors (Lipinski definition) is 3. The fourth-order valence-electron chi connectivity index (χ4n) is 3.33. The number of aromatic nitrogens is 1. The third kappa shape index (κ3) is 5.59. The van der Waals surface area contributed by atoms with Gasteiger partial charge in [0.15, 0.2) is 0 Å². The highest BCUT2D eigenvalue weighted by atomic mass is 16.5. The minimum Gasteiger partial charge on any atom is -0.494 e. The maximum absolute atomic E-state index is 12.5. The maximum Gasteiger partial charge on any atom is 0.321 e. The molecule has 5 heteroatoms. The molecular weight excluding hydrogens is 350 g/mol. The van der Waals surface area contributed by atoms with Gasteiger partial charge >= 0.3 is 6.03 Å². The molecule has 1 N–H and O–H groups in total. The SMILES string of the molecule is CCCCOc1cccc(/C=C2\CCN(C(=O)Nc3cccnc3)CC2C)c1. The van der Waals surface area contributed by atoms with E-state index < -0.39 is 0 Å². The van der Waals surface area contributed by atoms with E-state index in [1.807, 2.05) is 29.2 Å². The molecule has 1 aliphatic rings. The first kappa shape index (κ1) is 19.9. The lowest BCUT2D eigenvalue weighted by Crippen LogP contribution is -2.42. The van der Waals surface area contributed by atoms with Crippen LogP contribution in [0.4, 0.5) is 10.5 Å². The molecule has 1 aromatic heterocycles. The van der Waals surface area contributed by atoms with Crippen LogP contribution in [-0.2, 0) is 0 Å². The Morgan fingerprint density at radius 2 is 2.25 bits per heavy atom. The third-order valence-electron chi connectivity index (χ3n) is 4.97. The lowest BCUT2D eigenvalue weighted by Gasteiger charge is -2.33. The summed E-state index contributed by atoms with van der Waals surface area (Å²) in [5.74, 6) is 1.24. The van der Waals surface area contributed by atoms with Gasteiger partial charge in [0.1, 0.15) is 5.75 Å². The van der Waals surface area contributed by atoms with Gasteiger partial charge in [0.2, 0.25) is 0 Å². The molecule has 2 amide bonds. The van der Waals surface area contributed by atoms with Crippen LogP contribution >= 0.6 is 0 Å². The van der Waals surface area contributed by atoms with Crippen LogP contribution in [0.5, 0.6) is 5.75 Å². The summed E-state index contributed by atoms with van der Waals surface area (Å²) in [6.45, 7) is 6.53. The van der Waals surface area contributed by atoms with Gasteiger partial charge in [-0.2, -0.15) is 0 Å². The first-order chi connectivity index (χ1) is 13.7. The Morgan fingerprint density at radius 3 is 3.00 bits per heavy atom. The van der Waals surface area contributed by atoms with E-state index in [1.165, 1.54) is 5.57 Å². The molecule has 2 heterocycles. The van der Waals surface area contributed by atoms with Gasteiger partial charge in [-0.05, 0) is 48.6 Å². The number of urea groups is 1. The molecule has 5 nitrogen and oxygen atoms in total. The Hall–Kier alpha value is -2.82. The van der Waals surface area contributed by atoms with Crippen molar-refractivity contribution in [3.05, 3.63) is 59.9 Å². The zero-order valence-corrected chi connectivity index (χ0v) is 16.7. The average molecular weight is 380 g/mol. The van der Waals surface area contributed by atoms with Gasteiger partial charge in [-0.1, -0.05) is 44.1 Å². The number of hydrogen-bond donors (Lipinski definition) is 1. The van der Waals surface area contributed by atoms with Gasteiger partial charge in [-0.25, -0.2) is 4.79 Å². The number of nitrogens with zero attached hydrogens (tertiary/aromatic N) is 2. The van der Waals surface area contributed by atoms with E-state index >= 15 is 0 Å². The molecule has 2 aromatic rings. The van der Waals surface area contributed by atoms with Crippen LogP contribution in [0.15, 0.2) is 54.4 Å². The molecule has 28 heavy (non-hydrogen) atoms. The van der Waals surface area contributed by atoms with Crippen molar-refractivity contribution in [2.75, 3.05) is 25.0 Å². The molecule has 1 aliphatic heterocycles. The molecule has 1 saturated heterocycles. The van der Waals surface area contributed by atoms with Gasteiger partial charge in [-0.3, -0.25) is 4.98 Å². The smallest absolute Gasteiger partial charge is 0.321 e. The van der Waals surface area contributed by atoms with E-state index in [1.54, 1.807) is 12.4 Å². The summed E-state index contributed by atoms with van der Waals surface area (Å²) in [7, 11) is 0. The minimum atomic E-state index is -0.0646. The number of rotatable bonds is 6. The summed E-state index contributed by atoms with van der Waals surface area (Å²) < 4.78 is 5.81. The topological polar surface area (TPSA) is 54.5 Å². The molecule has 1 atom stereocenters. The van der Waals surface area contributed by atoms with E-state index in [-0.39, 0.29) is 6.03 Å². The third-order valence-corrected chi connectivity index (χ3v) is 4.97. The molecule has 0 spiro atoms. The van der Waals surface area contributed by atoms with Gasteiger partial charge in [-0.15, -0.1) is 0 Å². The Balaban J connectivity index is 1.59. The van der Waals surface area contributed by atoms with Gasteiger partial charge in [0.25, 0.3) is 0 Å². The van der Waals surface area contributed by atoms with E-state index in [9.17, 15) is 4.79 Å². The summed E-state index contributed by atoms with van der Waals surface area (Å²) in [4.78, 5) is 18.4. The van der Waals surface area contributed by atoms with Crippen LogP contribution in [0.25, 0.3) is 6.08 Å². The Bertz CT molecular complexity index is 805. The largest absolute Gasteiger partial charge is 0.494 e. The molecule has 0 bridgehead atoms. The molecule has 1 aromatic carbocycles. The second-order valence-corrected chi connectivity index (χ2v) is 7.26. The lowest BCUT2D eigenvalue weighted by atomic mass is 9.91. The Labute approximate surface area is 167 Å². The number of carbonyl (C=O) groups is 1. The van der Waals surface area contributed by atoms with Crippen LogP contribution in [-0.4, -0.2) is 35.6 Å². The number of amides is 2. The number of benzene rings is 1. The minimum absolute atomic E-state index is 0.0646. The summed E-state index contributed by atoms with van der Waals surface area (Å²) in [6.07, 6.45) is 8.67. The molecule has 1 fully saturated rings. The molecular formula is C23H29N3O2. The number of unbranched alkanes of at least 4 members (excludes halogenated alkanes) is 1. The number of likely N-dealkylation sites (tertiary alicyclic amines) is 1. The van der Waals surface area contributed by atoms with Crippen molar-refractivity contribution in [2.45, 2.75) is 33.1 Å². The monoisotopic (exact) mass is 379 g/mol. The van der Waals surface area contributed by atoms with Crippen LogP contribution < -0.4 is 10.1 Å². The normalized spacial score (nSPS) is 18.1. The number of piperidine rings is 1.